The zero-order chi connectivity index (χ0) is 20.1. The van der Waals surface area contributed by atoms with Crippen LogP contribution in [0.3, 0.4) is 0 Å². The van der Waals surface area contributed by atoms with E-state index in [1.165, 1.54) is 35.2 Å². The molecule has 1 aliphatic rings. The van der Waals surface area contributed by atoms with Gasteiger partial charge in [-0.3, -0.25) is 4.79 Å². The molecule has 0 aliphatic carbocycles. The number of aromatic hydroxyl groups is 1. The maximum Gasteiger partial charge on any atom is 0.338 e. The van der Waals surface area contributed by atoms with E-state index in [0.29, 0.717) is 0 Å². The van der Waals surface area contributed by atoms with E-state index in [-0.39, 0.29) is 23.6 Å². The van der Waals surface area contributed by atoms with Gasteiger partial charge in [-0.25, -0.2) is 13.2 Å². The van der Waals surface area contributed by atoms with Gasteiger partial charge in [0.15, 0.2) is 16.4 Å². The molecule has 2 aromatic rings. The second kappa shape index (κ2) is 8.26. The highest BCUT2D eigenvalue weighted by atomic mass is 32.2. The van der Waals surface area contributed by atoms with Crippen LogP contribution in [0.5, 0.6) is 5.75 Å². The van der Waals surface area contributed by atoms with Crippen molar-refractivity contribution in [3.8, 4) is 5.75 Å². The van der Waals surface area contributed by atoms with Crippen molar-refractivity contribution in [1.29, 1.82) is 0 Å². The first-order valence-electron chi connectivity index (χ1n) is 8.54. The molecule has 0 saturated heterocycles. The summed E-state index contributed by atoms with van der Waals surface area (Å²) < 4.78 is 28.6. The molecule has 3 rings (SSSR count). The number of hydrogen-bond donors (Lipinski definition) is 1. The minimum atomic E-state index is -3.36. The Bertz CT molecular complexity index is 1000. The molecule has 0 unspecified atom stereocenters. The Morgan fingerprint density at radius 1 is 1.11 bits per heavy atom. The van der Waals surface area contributed by atoms with E-state index in [1.807, 2.05) is 30.3 Å². The second-order valence-electron chi connectivity index (χ2n) is 6.36. The molecule has 1 amide bonds. The summed E-state index contributed by atoms with van der Waals surface area (Å²) in [7, 11) is -3.36. The quantitative estimate of drug-likeness (QED) is 0.742. The molecule has 0 saturated carbocycles. The fourth-order valence-corrected chi connectivity index (χ4v) is 4.15. The highest BCUT2D eigenvalue weighted by Crippen LogP contribution is 2.18. The predicted molar refractivity (Wildman–Crippen MR) is 102 cm³/mol. The van der Waals surface area contributed by atoms with E-state index in [2.05, 4.69) is 0 Å². The Morgan fingerprint density at radius 3 is 2.50 bits per heavy atom. The number of amides is 1. The van der Waals surface area contributed by atoms with Gasteiger partial charge in [-0.15, -0.1) is 0 Å². The summed E-state index contributed by atoms with van der Waals surface area (Å²) in [6.45, 7) is -0.348. The number of ether oxygens (including phenoxy) is 1. The first-order chi connectivity index (χ1) is 13.3. The molecule has 0 radical (unpaired) electrons. The number of esters is 1. The van der Waals surface area contributed by atoms with Crippen molar-refractivity contribution >= 4 is 21.7 Å². The molecule has 1 heterocycles. The van der Waals surface area contributed by atoms with Crippen LogP contribution in [0.1, 0.15) is 15.9 Å². The van der Waals surface area contributed by atoms with Crippen molar-refractivity contribution in [1.82, 2.24) is 4.90 Å². The van der Waals surface area contributed by atoms with Gasteiger partial charge in [0.25, 0.3) is 5.91 Å². The molecule has 1 atom stereocenters. The van der Waals surface area contributed by atoms with Crippen LogP contribution in [0.4, 0.5) is 0 Å². The van der Waals surface area contributed by atoms with Crippen LogP contribution in [0.25, 0.3) is 0 Å². The normalized spacial score (nSPS) is 17.2. The van der Waals surface area contributed by atoms with Crippen LogP contribution < -0.4 is 0 Å². The summed E-state index contributed by atoms with van der Waals surface area (Å²) in [4.78, 5) is 26.2. The smallest absolute Gasteiger partial charge is 0.338 e. The van der Waals surface area contributed by atoms with Gasteiger partial charge < -0.3 is 14.7 Å². The average Bonchev–Trinajstić information content (AvgIpc) is 3.04. The molecule has 0 aromatic heterocycles. The summed E-state index contributed by atoms with van der Waals surface area (Å²) in [5.74, 6) is -1.55. The minimum absolute atomic E-state index is 0.0900. The number of sulfone groups is 1. The fraction of sp³-hybridized carbons (Fsp3) is 0.200. The van der Waals surface area contributed by atoms with Gasteiger partial charge >= 0.3 is 5.97 Å². The number of carbonyl (C=O) groups is 2. The Kier molecular flexibility index (Phi) is 5.79. The van der Waals surface area contributed by atoms with Crippen molar-refractivity contribution in [3.05, 3.63) is 77.2 Å². The Labute approximate surface area is 162 Å². The van der Waals surface area contributed by atoms with E-state index >= 15 is 0 Å². The van der Waals surface area contributed by atoms with Crippen molar-refractivity contribution in [2.45, 2.75) is 12.6 Å². The van der Waals surface area contributed by atoms with Crippen LogP contribution >= 0.6 is 0 Å². The molecular weight excluding hydrogens is 382 g/mol. The number of hydrogen-bond acceptors (Lipinski definition) is 6. The Balaban J connectivity index is 1.71. The molecular formula is C20H19NO6S. The predicted octanol–water partition coefficient (Wildman–Crippen LogP) is 1.89. The van der Waals surface area contributed by atoms with Crippen molar-refractivity contribution in [2.24, 2.45) is 0 Å². The van der Waals surface area contributed by atoms with Gasteiger partial charge in [0.05, 0.1) is 17.4 Å². The lowest BCUT2D eigenvalue weighted by Crippen LogP contribution is -2.42. The molecule has 8 heteroatoms. The highest BCUT2D eigenvalue weighted by molar-refractivity contribution is 7.94. The van der Waals surface area contributed by atoms with E-state index in [1.54, 1.807) is 0 Å². The van der Waals surface area contributed by atoms with Gasteiger partial charge in [-0.1, -0.05) is 36.4 Å². The van der Waals surface area contributed by atoms with Gasteiger partial charge in [-0.2, -0.15) is 0 Å². The highest BCUT2D eigenvalue weighted by Gasteiger charge is 2.30. The number of phenols is 1. The SMILES string of the molecule is O=C(OCC(=O)N(Cc1ccccc1)[C@@H]1C=CS(=O)(=O)C1)c1cccc(O)c1. The molecule has 2 aromatic carbocycles. The second-order valence-corrected chi connectivity index (χ2v) is 8.29. The number of carbonyl (C=O) groups excluding carboxylic acids is 2. The van der Waals surface area contributed by atoms with E-state index in [4.69, 9.17) is 4.74 Å². The number of rotatable bonds is 6. The average molecular weight is 401 g/mol. The molecule has 28 heavy (non-hydrogen) atoms. The third kappa shape index (κ3) is 4.98. The Morgan fingerprint density at radius 2 is 1.86 bits per heavy atom. The monoisotopic (exact) mass is 401 g/mol. The zero-order valence-corrected chi connectivity index (χ0v) is 15.7. The minimum Gasteiger partial charge on any atom is -0.508 e. The first kappa shape index (κ1) is 19.6. The molecule has 0 spiro atoms. The molecule has 1 N–H and O–H groups in total. The summed E-state index contributed by atoms with van der Waals surface area (Å²) in [5, 5.41) is 10.5. The van der Waals surface area contributed by atoms with Crippen LogP contribution in [0.15, 0.2) is 66.1 Å². The number of benzene rings is 2. The van der Waals surface area contributed by atoms with Crippen LogP contribution in [0, 0.1) is 0 Å². The third-order valence-electron chi connectivity index (χ3n) is 4.24. The van der Waals surface area contributed by atoms with E-state index < -0.39 is 34.4 Å². The van der Waals surface area contributed by atoms with Gasteiger partial charge in [0.1, 0.15) is 5.75 Å². The van der Waals surface area contributed by atoms with Crippen LogP contribution in [-0.2, 0) is 25.9 Å². The summed E-state index contributed by atoms with van der Waals surface area (Å²) >= 11 is 0. The lowest BCUT2D eigenvalue weighted by Gasteiger charge is -2.27. The largest absolute Gasteiger partial charge is 0.508 e. The van der Waals surface area contributed by atoms with Gasteiger partial charge in [0, 0.05) is 12.0 Å². The fourth-order valence-electron chi connectivity index (χ4n) is 2.85. The topological polar surface area (TPSA) is 101 Å². The standard InChI is InChI=1S/C20H19NO6S/c22-18-8-4-7-16(11-18)20(24)27-13-19(23)21(12-15-5-2-1-3-6-15)17-9-10-28(25,26)14-17/h1-11,17,22H,12-14H2/t17-/m1/s1. The first-order valence-corrected chi connectivity index (χ1v) is 10.3. The van der Waals surface area contributed by atoms with Gasteiger partial charge in [0.2, 0.25) is 0 Å². The van der Waals surface area contributed by atoms with Crippen LogP contribution in [0.2, 0.25) is 0 Å². The van der Waals surface area contributed by atoms with Crippen molar-refractivity contribution < 1.29 is 27.9 Å². The number of phenolic OH excluding ortho intramolecular Hbond substituents is 1. The molecule has 0 fully saturated rings. The zero-order valence-electron chi connectivity index (χ0n) is 14.9. The lowest BCUT2D eigenvalue weighted by atomic mass is 10.1. The molecule has 146 valence electrons. The van der Waals surface area contributed by atoms with Crippen LogP contribution in [-0.4, -0.2) is 48.7 Å². The third-order valence-corrected chi connectivity index (χ3v) is 5.61. The van der Waals surface area contributed by atoms with E-state index in [9.17, 15) is 23.1 Å². The summed E-state index contributed by atoms with van der Waals surface area (Å²) in [6, 6.07) is 14.1. The summed E-state index contributed by atoms with van der Waals surface area (Å²) in [5.41, 5.74) is 0.943. The summed E-state index contributed by atoms with van der Waals surface area (Å²) in [6.07, 6.45) is 1.47. The molecule has 1 aliphatic heterocycles. The number of nitrogens with zero attached hydrogens (tertiary/aromatic N) is 1. The molecule has 0 bridgehead atoms. The van der Waals surface area contributed by atoms with Gasteiger partial charge in [-0.05, 0) is 29.8 Å². The maximum atomic E-state index is 12.7. The van der Waals surface area contributed by atoms with Crippen molar-refractivity contribution in [3.63, 3.8) is 0 Å². The van der Waals surface area contributed by atoms with Crippen molar-refractivity contribution in [2.75, 3.05) is 12.4 Å². The lowest BCUT2D eigenvalue weighted by molar-refractivity contribution is -0.136. The Hall–Kier alpha value is -3.13. The maximum absolute atomic E-state index is 12.7. The van der Waals surface area contributed by atoms with E-state index in [0.717, 1.165) is 11.0 Å². The molecule has 7 nitrogen and oxygen atoms in total.